The first kappa shape index (κ1) is 24.5. The van der Waals surface area contributed by atoms with Crippen molar-refractivity contribution in [3.63, 3.8) is 0 Å². The Morgan fingerprint density at radius 2 is 1.93 bits per heavy atom. The van der Waals surface area contributed by atoms with E-state index in [4.69, 9.17) is 5.11 Å². The molecule has 0 aromatic heterocycles. The molecule has 4 atom stereocenters. The number of allylic oxidation sites excluding steroid dienone is 6. The molecule has 0 spiro atoms. The van der Waals surface area contributed by atoms with E-state index in [1.807, 2.05) is 18.2 Å². The van der Waals surface area contributed by atoms with Gasteiger partial charge in [-0.1, -0.05) is 76.3 Å². The zero-order valence-electron chi connectivity index (χ0n) is 17.6. The van der Waals surface area contributed by atoms with Gasteiger partial charge in [0.2, 0.25) is 0 Å². The molecular weight excluding hydrogens is 352 g/mol. The molecule has 0 heterocycles. The number of unbranched alkanes of at least 4 members (excludes halogenated alkanes) is 4. The van der Waals surface area contributed by atoms with Gasteiger partial charge < -0.3 is 10.2 Å². The molecule has 0 aromatic rings. The molecule has 1 unspecified atom stereocenters. The second-order valence-corrected chi connectivity index (χ2v) is 7.94. The van der Waals surface area contributed by atoms with Gasteiger partial charge in [0.1, 0.15) is 12.7 Å². The van der Waals surface area contributed by atoms with Gasteiger partial charge in [0, 0.05) is 11.8 Å². The average molecular weight is 391 g/mol. The first-order valence-corrected chi connectivity index (χ1v) is 10.9. The van der Waals surface area contributed by atoms with E-state index in [-0.39, 0.29) is 17.6 Å². The van der Waals surface area contributed by atoms with Crippen molar-refractivity contribution in [1.29, 1.82) is 0 Å². The summed E-state index contributed by atoms with van der Waals surface area (Å²) < 4.78 is 0. The van der Waals surface area contributed by atoms with E-state index in [1.165, 1.54) is 38.5 Å². The van der Waals surface area contributed by atoms with E-state index < -0.39 is 18.5 Å². The van der Waals surface area contributed by atoms with Crippen LogP contribution in [0.15, 0.2) is 36.5 Å². The van der Waals surface area contributed by atoms with Crippen LogP contribution in [-0.2, 0) is 9.59 Å². The topological polar surface area (TPSA) is 74.6 Å². The lowest BCUT2D eigenvalue weighted by Crippen LogP contribution is -2.22. The lowest BCUT2D eigenvalue weighted by Gasteiger charge is -2.14. The summed E-state index contributed by atoms with van der Waals surface area (Å²) in [5.74, 6) is 0.261. The van der Waals surface area contributed by atoms with Crippen molar-refractivity contribution in [3.05, 3.63) is 36.5 Å². The Bertz CT molecular complexity index is 547. The van der Waals surface area contributed by atoms with Crippen LogP contribution < -0.4 is 0 Å². The molecule has 0 saturated heterocycles. The van der Waals surface area contributed by atoms with Gasteiger partial charge in [-0.3, -0.25) is 9.59 Å². The average Bonchev–Trinajstić information content (AvgIpc) is 3.04. The fraction of sp³-hybridized carbons (Fsp3) is 0.667. The molecule has 0 radical (unpaired) electrons. The molecule has 0 aliphatic heterocycles. The molecule has 4 heteroatoms. The summed E-state index contributed by atoms with van der Waals surface area (Å²) in [7, 11) is 0. The third kappa shape index (κ3) is 9.61. The van der Waals surface area contributed by atoms with Gasteiger partial charge in [0.05, 0.1) is 0 Å². The van der Waals surface area contributed by atoms with Crippen molar-refractivity contribution in [2.24, 2.45) is 17.8 Å². The van der Waals surface area contributed by atoms with Crippen LogP contribution in [0.1, 0.15) is 71.6 Å². The highest BCUT2D eigenvalue weighted by Crippen LogP contribution is 2.28. The second kappa shape index (κ2) is 14.5. The first-order chi connectivity index (χ1) is 13.5. The lowest BCUT2D eigenvalue weighted by molar-refractivity contribution is -0.130. The number of aliphatic hydroxyl groups excluding tert-OH is 2. The maximum Gasteiger partial charge on any atom is 0.186 e. The largest absolute Gasteiger partial charge is 0.388 e. The monoisotopic (exact) mass is 390 g/mol. The van der Waals surface area contributed by atoms with Crippen molar-refractivity contribution in [2.75, 3.05) is 6.61 Å². The number of aliphatic hydroxyl groups is 2. The number of rotatable bonds is 15. The minimum Gasteiger partial charge on any atom is -0.388 e. The van der Waals surface area contributed by atoms with Gasteiger partial charge in [0.25, 0.3) is 0 Å². The molecule has 28 heavy (non-hydrogen) atoms. The number of hydrogen-bond donors (Lipinski definition) is 2. The standard InChI is InChI=1S/C24H38O4/c1-3-4-5-6-8-11-19(2)14-15-20-16-17-22(26)21(20)12-9-7-10-13-23(27)24(28)18-25/h7,9,14-17,19-21,23,25,27H,3-6,8,10-13,18H2,1-2H3/b9-7-,15-14+/t19-,20+,21-,23?/m1/s1. The van der Waals surface area contributed by atoms with Crippen LogP contribution in [0.5, 0.6) is 0 Å². The van der Waals surface area contributed by atoms with Crippen LogP contribution in [0, 0.1) is 17.8 Å². The van der Waals surface area contributed by atoms with E-state index in [9.17, 15) is 14.7 Å². The van der Waals surface area contributed by atoms with E-state index >= 15 is 0 Å². The zero-order valence-corrected chi connectivity index (χ0v) is 17.6. The number of hydrogen-bond acceptors (Lipinski definition) is 4. The van der Waals surface area contributed by atoms with E-state index in [0.29, 0.717) is 25.2 Å². The molecular formula is C24H38O4. The molecule has 1 aliphatic carbocycles. The van der Waals surface area contributed by atoms with Crippen LogP contribution in [0.25, 0.3) is 0 Å². The van der Waals surface area contributed by atoms with Crippen molar-refractivity contribution in [3.8, 4) is 0 Å². The number of Topliss-reactive ketones (excluding diaryl/α,β-unsaturated/α-hetero) is 1. The summed E-state index contributed by atoms with van der Waals surface area (Å²) in [6.07, 6.45) is 20.1. The summed E-state index contributed by atoms with van der Waals surface area (Å²) in [4.78, 5) is 23.3. The second-order valence-electron chi connectivity index (χ2n) is 7.94. The zero-order chi connectivity index (χ0) is 20.8. The van der Waals surface area contributed by atoms with Crippen molar-refractivity contribution in [2.45, 2.75) is 77.7 Å². The van der Waals surface area contributed by atoms with Gasteiger partial charge in [-0.2, -0.15) is 0 Å². The highest BCUT2D eigenvalue weighted by molar-refractivity contribution is 5.95. The van der Waals surface area contributed by atoms with Crippen LogP contribution in [-0.4, -0.2) is 34.5 Å². The Labute approximate surface area is 170 Å². The van der Waals surface area contributed by atoms with E-state index in [2.05, 4.69) is 26.0 Å². The van der Waals surface area contributed by atoms with E-state index in [0.717, 1.165) is 0 Å². The number of carbonyl (C=O) groups excluding carboxylic acids is 2. The summed E-state index contributed by atoms with van der Waals surface area (Å²) in [5.41, 5.74) is 0. The molecule has 0 amide bonds. The van der Waals surface area contributed by atoms with Crippen LogP contribution in [0.2, 0.25) is 0 Å². The number of ketones is 2. The molecule has 0 saturated carbocycles. The predicted octanol–water partition coefficient (Wildman–Crippen LogP) is 4.56. The lowest BCUT2D eigenvalue weighted by atomic mass is 9.89. The minimum atomic E-state index is -1.11. The van der Waals surface area contributed by atoms with Crippen molar-refractivity contribution < 1.29 is 19.8 Å². The highest BCUT2D eigenvalue weighted by Gasteiger charge is 2.27. The Hall–Kier alpha value is -1.52. The fourth-order valence-electron chi connectivity index (χ4n) is 3.49. The smallest absolute Gasteiger partial charge is 0.186 e. The molecule has 1 aliphatic rings. The van der Waals surface area contributed by atoms with Crippen LogP contribution in [0.4, 0.5) is 0 Å². The molecule has 0 bridgehead atoms. The Kier molecular flexibility index (Phi) is 12.7. The first-order valence-electron chi connectivity index (χ1n) is 10.9. The van der Waals surface area contributed by atoms with Gasteiger partial charge in [0.15, 0.2) is 11.6 Å². The molecule has 1 rings (SSSR count). The van der Waals surface area contributed by atoms with Gasteiger partial charge in [-0.25, -0.2) is 0 Å². The summed E-state index contributed by atoms with van der Waals surface area (Å²) in [6.45, 7) is 3.85. The molecule has 2 N–H and O–H groups in total. The Balaban J connectivity index is 2.36. The normalized spacial score (nSPS) is 21.8. The van der Waals surface area contributed by atoms with E-state index in [1.54, 1.807) is 6.08 Å². The molecule has 158 valence electrons. The van der Waals surface area contributed by atoms with Gasteiger partial charge in [-0.15, -0.1) is 0 Å². The third-order valence-electron chi connectivity index (χ3n) is 5.43. The van der Waals surface area contributed by atoms with Crippen LogP contribution >= 0.6 is 0 Å². The quantitative estimate of drug-likeness (QED) is 0.317. The summed E-state index contributed by atoms with van der Waals surface area (Å²) in [5, 5.41) is 18.2. The Morgan fingerprint density at radius 1 is 1.18 bits per heavy atom. The minimum absolute atomic E-state index is 0.0479. The van der Waals surface area contributed by atoms with Gasteiger partial charge >= 0.3 is 0 Å². The Morgan fingerprint density at radius 3 is 2.64 bits per heavy atom. The maximum absolute atomic E-state index is 12.1. The maximum atomic E-state index is 12.1. The SMILES string of the molecule is CCCCCCC[C@@H](C)/C=C/[C@H]1C=CC(=O)[C@@H]1C/C=C\CCC(O)C(=O)CO. The third-order valence-corrected chi connectivity index (χ3v) is 5.43. The van der Waals surface area contributed by atoms with Gasteiger partial charge in [-0.05, 0) is 37.7 Å². The summed E-state index contributed by atoms with van der Waals surface area (Å²) >= 11 is 0. The van der Waals surface area contributed by atoms with Crippen LogP contribution in [0.3, 0.4) is 0 Å². The highest BCUT2D eigenvalue weighted by atomic mass is 16.3. The molecule has 0 fully saturated rings. The summed E-state index contributed by atoms with van der Waals surface area (Å²) in [6, 6.07) is 0. The molecule has 0 aromatic carbocycles. The predicted molar refractivity (Wildman–Crippen MR) is 114 cm³/mol. The molecule has 4 nitrogen and oxygen atoms in total. The fourth-order valence-corrected chi connectivity index (χ4v) is 3.49. The van der Waals surface area contributed by atoms with Crippen molar-refractivity contribution in [1.82, 2.24) is 0 Å². The number of carbonyl (C=O) groups is 2. The van der Waals surface area contributed by atoms with Crippen molar-refractivity contribution >= 4 is 11.6 Å².